The molecule has 0 aliphatic rings. The van der Waals surface area contributed by atoms with Crippen LogP contribution in [0.5, 0.6) is 0 Å². The Bertz CT molecular complexity index is 680. The maximum atomic E-state index is 11.8. The molecule has 4 nitrogen and oxygen atoms in total. The minimum absolute atomic E-state index is 0.0205. The van der Waals surface area contributed by atoms with Crippen LogP contribution in [0.3, 0.4) is 0 Å². The quantitative estimate of drug-likeness (QED) is 0.937. The minimum Gasteiger partial charge on any atom is -0.377 e. The van der Waals surface area contributed by atoms with Crippen LogP contribution in [0.2, 0.25) is 0 Å². The van der Waals surface area contributed by atoms with Crippen molar-refractivity contribution in [3.05, 3.63) is 52.7 Å². The molecule has 21 heavy (non-hydrogen) atoms. The summed E-state index contributed by atoms with van der Waals surface area (Å²) in [5.41, 5.74) is 10.2. The zero-order valence-electron chi connectivity index (χ0n) is 12.8. The summed E-state index contributed by atoms with van der Waals surface area (Å²) in [6.07, 6.45) is -0.0205. The average molecular weight is 284 g/mol. The van der Waals surface area contributed by atoms with E-state index in [0.717, 1.165) is 22.4 Å². The Morgan fingerprint density at radius 2 is 2.00 bits per heavy atom. The summed E-state index contributed by atoms with van der Waals surface area (Å²) in [5.74, 6) is -0.458. The Kier molecular flexibility index (Phi) is 4.38. The SMILES string of the molecule is COC(C)c1cccc(-c2nc(C)cc(C)c2C(N)=O)c1. The molecule has 1 aromatic carbocycles. The van der Waals surface area contributed by atoms with Crippen molar-refractivity contribution in [2.75, 3.05) is 7.11 Å². The maximum Gasteiger partial charge on any atom is 0.251 e. The molecule has 0 aliphatic carbocycles. The number of nitrogens with two attached hydrogens (primary N) is 1. The Balaban J connectivity index is 2.64. The van der Waals surface area contributed by atoms with Gasteiger partial charge in [-0.05, 0) is 44.0 Å². The van der Waals surface area contributed by atoms with Crippen molar-refractivity contribution in [3.8, 4) is 11.3 Å². The number of benzene rings is 1. The molecule has 1 heterocycles. The number of rotatable bonds is 4. The summed E-state index contributed by atoms with van der Waals surface area (Å²) in [7, 11) is 1.67. The summed E-state index contributed by atoms with van der Waals surface area (Å²) in [6, 6.07) is 9.71. The molecule has 2 N–H and O–H groups in total. The molecule has 0 saturated carbocycles. The van der Waals surface area contributed by atoms with Crippen molar-refractivity contribution in [1.82, 2.24) is 4.98 Å². The van der Waals surface area contributed by atoms with Gasteiger partial charge in [0.05, 0.1) is 17.4 Å². The van der Waals surface area contributed by atoms with Gasteiger partial charge in [0.15, 0.2) is 0 Å². The maximum absolute atomic E-state index is 11.8. The molecule has 2 rings (SSSR count). The van der Waals surface area contributed by atoms with Gasteiger partial charge in [0.25, 0.3) is 5.91 Å². The Morgan fingerprint density at radius 3 is 2.62 bits per heavy atom. The van der Waals surface area contributed by atoms with Gasteiger partial charge < -0.3 is 10.5 Å². The van der Waals surface area contributed by atoms with E-state index in [1.165, 1.54) is 0 Å². The predicted molar refractivity (Wildman–Crippen MR) is 83.1 cm³/mol. The summed E-state index contributed by atoms with van der Waals surface area (Å²) < 4.78 is 5.34. The number of carbonyl (C=O) groups excluding carboxylic acids is 1. The predicted octanol–water partition coefficient (Wildman–Crippen LogP) is 3.17. The number of hydrogen-bond acceptors (Lipinski definition) is 3. The molecule has 1 atom stereocenters. The van der Waals surface area contributed by atoms with E-state index in [1.807, 2.05) is 51.1 Å². The van der Waals surface area contributed by atoms with E-state index in [1.54, 1.807) is 7.11 Å². The first kappa shape index (κ1) is 15.2. The second-order valence-corrected chi connectivity index (χ2v) is 5.17. The van der Waals surface area contributed by atoms with Crippen LogP contribution in [0.25, 0.3) is 11.3 Å². The highest BCUT2D eigenvalue weighted by atomic mass is 16.5. The van der Waals surface area contributed by atoms with Gasteiger partial charge in [-0.3, -0.25) is 9.78 Å². The number of methoxy groups -OCH3 is 1. The van der Waals surface area contributed by atoms with E-state index in [-0.39, 0.29) is 6.10 Å². The lowest BCUT2D eigenvalue weighted by Crippen LogP contribution is -2.15. The third-order valence-corrected chi connectivity index (χ3v) is 3.57. The van der Waals surface area contributed by atoms with Crippen molar-refractivity contribution >= 4 is 5.91 Å². The van der Waals surface area contributed by atoms with E-state index in [0.29, 0.717) is 11.3 Å². The topological polar surface area (TPSA) is 65.2 Å². The molecule has 110 valence electrons. The standard InChI is InChI=1S/C17H20N2O2/c1-10-8-11(2)19-16(15(10)17(18)20)14-7-5-6-13(9-14)12(3)21-4/h5-9,12H,1-4H3,(H2,18,20). The monoisotopic (exact) mass is 284 g/mol. The first-order valence-electron chi connectivity index (χ1n) is 6.85. The minimum atomic E-state index is -0.458. The number of aromatic nitrogens is 1. The van der Waals surface area contributed by atoms with Crippen LogP contribution in [0, 0.1) is 13.8 Å². The molecule has 0 spiro atoms. The van der Waals surface area contributed by atoms with Crippen LogP contribution in [-0.2, 0) is 4.74 Å². The van der Waals surface area contributed by atoms with Gasteiger partial charge in [-0.25, -0.2) is 0 Å². The smallest absolute Gasteiger partial charge is 0.251 e. The van der Waals surface area contributed by atoms with Crippen LogP contribution in [0.4, 0.5) is 0 Å². The van der Waals surface area contributed by atoms with Gasteiger partial charge in [-0.2, -0.15) is 0 Å². The molecule has 0 fully saturated rings. The van der Waals surface area contributed by atoms with E-state index < -0.39 is 5.91 Å². The zero-order valence-corrected chi connectivity index (χ0v) is 12.8. The van der Waals surface area contributed by atoms with Gasteiger partial charge in [-0.1, -0.05) is 18.2 Å². The van der Waals surface area contributed by atoms with Crippen molar-refractivity contribution in [2.24, 2.45) is 5.73 Å². The van der Waals surface area contributed by atoms with E-state index in [2.05, 4.69) is 4.98 Å². The summed E-state index contributed by atoms with van der Waals surface area (Å²) in [6.45, 7) is 5.76. The fraction of sp³-hybridized carbons (Fsp3) is 0.294. The fourth-order valence-corrected chi connectivity index (χ4v) is 2.43. The molecule has 0 radical (unpaired) electrons. The highest BCUT2D eigenvalue weighted by Gasteiger charge is 2.16. The second-order valence-electron chi connectivity index (χ2n) is 5.17. The summed E-state index contributed by atoms with van der Waals surface area (Å²) in [5, 5.41) is 0. The first-order valence-corrected chi connectivity index (χ1v) is 6.85. The number of pyridine rings is 1. The van der Waals surface area contributed by atoms with Crippen LogP contribution >= 0.6 is 0 Å². The number of aryl methyl sites for hydroxylation is 2. The Labute approximate surface area is 125 Å². The normalized spacial score (nSPS) is 12.2. The fourth-order valence-electron chi connectivity index (χ4n) is 2.43. The number of ether oxygens (including phenoxy) is 1. The second kappa shape index (κ2) is 6.06. The third kappa shape index (κ3) is 3.11. The Hall–Kier alpha value is -2.20. The number of amides is 1. The lowest BCUT2D eigenvalue weighted by molar-refractivity contribution is 0.1000. The van der Waals surface area contributed by atoms with Crippen molar-refractivity contribution in [1.29, 1.82) is 0 Å². The van der Waals surface area contributed by atoms with Gasteiger partial charge in [0.2, 0.25) is 0 Å². The molecular formula is C17H20N2O2. The molecule has 1 amide bonds. The molecule has 0 bridgehead atoms. The highest BCUT2D eigenvalue weighted by Crippen LogP contribution is 2.27. The summed E-state index contributed by atoms with van der Waals surface area (Å²) >= 11 is 0. The van der Waals surface area contributed by atoms with Crippen LogP contribution < -0.4 is 5.73 Å². The lowest BCUT2D eigenvalue weighted by atomic mass is 9.98. The number of primary amides is 1. The lowest BCUT2D eigenvalue weighted by Gasteiger charge is -2.14. The molecule has 2 aromatic rings. The van der Waals surface area contributed by atoms with Crippen molar-refractivity contribution in [3.63, 3.8) is 0 Å². The van der Waals surface area contributed by atoms with E-state index >= 15 is 0 Å². The van der Waals surface area contributed by atoms with E-state index in [4.69, 9.17) is 10.5 Å². The molecule has 0 saturated heterocycles. The molecular weight excluding hydrogens is 264 g/mol. The van der Waals surface area contributed by atoms with Crippen LogP contribution in [-0.4, -0.2) is 18.0 Å². The van der Waals surface area contributed by atoms with Crippen LogP contribution in [0.1, 0.15) is 40.2 Å². The largest absolute Gasteiger partial charge is 0.377 e. The zero-order chi connectivity index (χ0) is 15.6. The molecule has 1 unspecified atom stereocenters. The summed E-state index contributed by atoms with van der Waals surface area (Å²) in [4.78, 5) is 16.3. The van der Waals surface area contributed by atoms with Crippen molar-refractivity contribution in [2.45, 2.75) is 26.9 Å². The highest BCUT2D eigenvalue weighted by molar-refractivity contribution is 6.00. The molecule has 1 aromatic heterocycles. The van der Waals surface area contributed by atoms with Crippen molar-refractivity contribution < 1.29 is 9.53 Å². The van der Waals surface area contributed by atoms with Crippen LogP contribution in [0.15, 0.2) is 30.3 Å². The molecule has 4 heteroatoms. The number of nitrogens with zero attached hydrogens (tertiary/aromatic N) is 1. The first-order chi connectivity index (χ1) is 9.93. The van der Waals surface area contributed by atoms with Gasteiger partial charge in [-0.15, -0.1) is 0 Å². The molecule has 0 aliphatic heterocycles. The van der Waals surface area contributed by atoms with Gasteiger partial charge in [0, 0.05) is 18.4 Å². The number of carbonyl (C=O) groups is 1. The van der Waals surface area contributed by atoms with Gasteiger partial charge in [0.1, 0.15) is 0 Å². The van der Waals surface area contributed by atoms with Gasteiger partial charge >= 0.3 is 0 Å². The van der Waals surface area contributed by atoms with E-state index in [9.17, 15) is 4.79 Å². The third-order valence-electron chi connectivity index (χ3n) is 3.57. The Morgan fingerprint density at radius 1 is 1.29 bits per heavy atom. The number of hydrogen-bond donors (Lipinski definition) is 1. The average Bonchev–Trinajstić information content (AvgIpc) is 2.45.